The first kappa shape index (κ1) is 7.53. The summed E-state index contributed by atoms with van der Waals surface area (Å²) in [5.74, 6) is 2.55. The van der Waals surface area contributed by atoms with Gasteiger partial charge in [0, 0.05) is 19.2 Å². The van der Waals surface area contributed by atoms with Gasteiger partial charge in [0.2, 0.25) is 0 Å². The van der Waals surface area contributed by atoms with Gasteiger partial charge in [0.15, 0.2) is 0 Å². The highest BCUT2D eigenvalue weighted by Crippen LogP contribution is 2.34. The second kappa shape index (κ2) is 3.09. The van der Waals surface area contributed by atoms with Crippen LogP contribution in [0.15, 0.2) is 12.3 Å². The van der Waals surface area contributed by atoms with Gasteiger partial charge in [-0.3, -0.25) is 0 Å². The zero-order valence-electron chi connectivity index (χ0n) is 7.25. The average molecular weight is 163 g/mol. The minimum absolute atomic E-state index is 0.623. The number of rotatable bonds is 2. The Bertz CT molecular complexity index is 268. The standard InChI is InChI=1S/C9H13N3/c1-10-8-5-6-11-9(12-8)7-3-2-4-7/h5-7H,2-4H2,1H3,(H,10,11,12). The Morgan fingerprint density at radius 2 is 2.33 bits per heavy atom. The van der Waals surface area contributed by atoms with E-state index >= 15 is 0 Å². The van der Waals surface area contributed by atoms with Crippen LogP contribution in [0.2, 0.25) is 0 Å². The smallest absolute Gasteiger partial charge is 0.133 e. The Morgan fingerprint density at radius 3 is 2.92 bits per heavy atom. The molecule has 0 radical (unpaired) electrons. The van der Waals surface area contributed by atoms with E-state index < -0.39 is 0 Å². The molecule has 1 aromatic rings. The number of aromatic nitrogens is 2. The molecule has 1 fully saturated rings. The zero-order valence-corrected chi connectivity index (χ0v) is 7.25. The number of nitrogens with one attached hydrogen (secondary N) is 1. The van der Waals surface area contributed by atoms with E-state index in [4.69, 9.17) is 0 Å². The monoisotopic (exact) mass is 163 g/mol. The fourth-order valence-electron chi connectivity index (χ4n) is 1.38. The van der Waals surface area contributed by atoms with Crippen LogP contribution in [0.1, 0.15) is 31.0 Å². The summed E-state index contributed by atoms with van der Waals surface area (Å²) >= 11 is 0. The molecule has 0 aromatic carbocycles. The predicted octanol–water partition coefficient (Wildman–Crippen LogP) is 1.79. The first-order chi connectivity index (χ1) is 5.90. The third-order valence-corrected chi connectivity index (χ3v) is 2.40. The molecule has 1 N–H and O–H groups in total. The molecule has 0 saturated heterocycles. The maximum atomic E-state index is 4.39. The third-order valence-electron chi connectivity index (χ3n) is 2.40. The maximum absolute atomic E-state index is 4.39. The van der Waals surface area contributed by atoms with Crippen LogP contribution in [0.3, 0.4) is 0 Å². The largest absolute Gasteiger partial charge is 0.373 e. The first-order valence-corrected chi connectivity index (χ1v) is 4.41. The van der Waals surface area contributed by atoms with Gasteiger partial charge >= 0.3 is 0 Å². The molecule has 0 bridgehead atoms. The van der Waals surface area contributed by atoms with Crippen LogP contribution in [0, 0.1) is 0 Å². The van der Waals surface area contributed by atoms with Gasteiger partial charge in [0.25, 0.3) is 0 Å². The van der Waals surface area contributed by atoms with E-state index in [0.717, 1.165) is 11.6 Å². The van der Waals surface area contributed by atoms with E-state index in [0.29, 0.717) is 5.92 Å². The lowest BCUT2D eigenvalue weighted by atomic mass is 9.85. The molecule has 0 unspecified atom stereocenters. The summed E-state index contributed by atoms with van der Waals surface area (Å²) in [6.45, 7) is 0. The van der Waals surface area contributed by atoms with Gasteiger partial charge in [0.1, 0.15) is 11.6 Å². The molecular weight excluding hydrogens is 150 g/mol. The topological polar surface area (TPSA) is 37.8 Å². The minimum Gasteiger partial charge on any atom is -0.373 e. The van der Waals surface area contributed by atoms with Crippen molar-refractivity contribution in [1.82, 2.24) is 9.97 Å². The van der Waals surface area contributed by atoms with Crippen molar-refractivity contribution in [3.05, 3.63) is 18.1 Å². The van der Waals surface area contributed by atoms with Gasteiger partial charge in [-0.15, -0.1) is 0 Å². The van der Waals surface area contributed by atoms with Crippen molar-refractivity contribution in [2.24, 2.45) is 0 Å². The second-order valence-corrected chi connectivity index (χ2v) is 3.18. The van der Waals surface area contributed by atoms with Gasteiger partial charge in [-0.2, -0.15) is 0 Å². The Labute approximate surface area is 72.2 Å². The molecule has 1 saturated carbocycles. The molecule has 0 atom stereocenters. The number of hydrogen-bond acceptors (Lipinski definition) is 3. The molecule has 64 valence electrons. The third kappa shape index (κ3) is 1.26. The lowest BCUT2D eigenvalue weighted by Crippen LogP contribution is -2.13. The van der Waals surface area contributed by atoms with Crippen LogP contribution >= 0.6 is 0 Å². The highest BCUT2D eigenvalue weighted by molar-refractivity contribution is 5.32. The lowest BCUT2D eigenvalue weighted by Gasteiger charge is -2.23. The summed E-state index contributed by atoms with van der Waals surface area (Å²) in [4.78, 5) is 8.65. The van der Waals surface area contributed by atoms with Crippen molar-refractivity contribution >= 4 is 5.82 Å². The Kier molecular flexibility index (Phi) is 1.94. The van der Waals surface area contributed by atoms with Crippen LogP contribution in [0.5, 0.6) is 0 Å². The Morgan fingerprint density at radius 1 is 1.50 bits per heavy atom. The van der Waals surface area contributed by atoms with Crippen molar-refractivity contribution in [3.63, 3.8) is 0 Å². The molecular formula is C9H13N3. The van der Waals surface area contributed by atoms with Crippen LogP contribution < -0.4 is 5.32 Å². The quantitative estimate of drug-likeness (QED) is 0.722. The molecule has 0 aliphatic heterocycles. The summed E-state index contributed by atoms with van der Waals surface area (Å²) in [7, 11) is 1.88. The van der Waals surface area contributed by atoms with Crippen molar-refractivity contribution in [2.45, 2.75) is 25.2 Å². The summed E-state index contributed by atoms with van der Waals surface area (Å²) in [6.07, 6.45) is 5.67. The van der Waals surface area contributed by atoms with Crippen LogP contribution in [-0.2, 0) is 0 Å². The molecule has 3 heteroatoms. The molecule has 1 aliphatic rings. The fourth-order valence-corrected chi connectivity index (χ4v) is 1.38. The molecule has 1 aliphatic carbocycles. The van der Waals surface area contributed by atoms with Gasteiger partial charge in [-0.25, -0.2) is 9.97 Å². The van der Waals surface area contributed by atoms with E-state index in [-0.39, 0.29) is 0 Å². The first-order valence-electron chi connectivity index (χ1n) is 4.41. The molecule has 12 heavy (non-hydrogen) atoms. The normalized spacial score (nSPS) is 17.1. The van der Waals surface area contributed by atoms with E-state index in [9.17, 15) is 0 Å². The molecule has 3 nitrogen and oxygen atoms in total. The number of hydrogen-bond donors (Lipinski definition) is 1. The van der Waals surface area contributed by atoms with Gasteiger partial charge in [0.05, 0.1) is 0 Å². The van der Waals surface area contributed by atoms with Gasteiger partial charge in [-0.1, -0.05) is 6.42 Å². The summed E-state index contributed by atoms with van der Waals surface area (Å²) in [5, 5.41) is 3.02. The second-order valence-electron chi connectivity index (χ2n) is 3.18. The summed E-state index contributed by atoms with van der Waals surface area (Å²) in [5.41, 5.74) is 0. The molecule has 0 spiro atoms. The maximum Gasteiger partial charge on any atom is 0.133 e. The van der Waals surface area contributed by atoms with E-state index in [1.165, 1.54) is 19.3 Å². The van der Waals surface area contributed by atoms with Crippen molar-refractivity contribution in [2.75, 3.05) is 12.4 Å². The van der Waals surface area contributed by atoms with Crippen LogP contribution in [-0.4, -0.2) is 17.0 Å². The van der Waals surface area contributed by atoms with Crippen molar-refractivity contribution < 1.29 is 0 Å². The SMILES string of the molecule is CNc1ccnc(C2CCC2)n1. The molecule has 1 aromatic heterocycles. The zero-order chi connectivity index (χ0) is 8.39. The summed E-state index contributed by atoms with van der Waals surface area (Å²) in [6, 6.07) is 1.89. The van der Waals surface area contributed by atoms with Gasteiger partial charge in [-0.05, 0) is 18.9 Å². The summed E-state index contributed by atoms with van der Waals surface area (Å²) < 4.78 is 0. The Balaban J connectivity index is 2.19. The van der Waals surface area contributed by atoms with Crippen LogP contribution in [0.4, 0.5) is 5.82 Å². The lowest BCUT2D eigenvalue weighted by molar-refractivity contribution is 0.401. The number of nitrogens with zero attached hydrogens (tertiary/aromatic N) is 2. The number of anilines is 1. The average Bonchev–Trinajstić information content (AvgIpc) is 2.02. The van der Waals surface area contributed by atoms with Crippen molar-refractivity contribution in [3.8, 4) is 0 Å². The molecule has 1 heterocycles. The van der Waals surface area contributed by atoms with E-state index in [1.54, 1.807) is 0 Å². The fraction of sp³-hybridized carbons (Fsp3) is 0.556. The molecule has 0 amide bonds. The van der Waals surface area contributed by atoms with Gasteiger partial charge < -0.3 is 5.32 Å². The predicted molar refractivity (Wildman–Crippen MR) is 48.2 cm³/mol. The highest BCUT2D eigenvalue weighted by Gasteiger charge is 2.21. The Hall–Kier alpha value is -1.12. The van der Waals surface area contributed by atoms with E-state index in [2.05, 4.69) is 15.3 Å². The van der Waals surface area contributed by atoms with Crippen molar-refractivity contribution in [1.29, 1.82) is 0 Å². The minimum atomic E-state index is 0.623. The highest BCUT2D eigenvalue weighted by atomic mass is 15.0. The van der Waals surface area contributed by atoms with Crippen LogP contribution in [0.25, 0.3) is 0 Å². The van der Waals surface area contributed by atoms with E-state index in [1.807, 2.05) is 19.3 Å². The molecule has 2 rings (SSSR count).